The summed E-state index contributed by atoms with van der Waals surface area (Å²) < 4.78 is 5.59. The third kappa shape index (κ3) is 11.9. The highest BCUT2D eigenvalue weighted by Crippen LogP contribution is 2.05. The third-order valence-corrected chi connectivity index (χ3v) is 1.95. The highest BCUT2D eigenvalue weighted by molar-refractivity contribution is 4.59. The lowest BCUT2D eigenvalue weighted by Gasteiger charge is -2.19. The first-order valence-electron chi connectivity index (χ1n) is 5.76. The van der Waals surface area contributed by atoms with Gasteiger partial charge in [0.25, 0.3) is 0 Å². The van der Waals surface area contributed by atoms with Crippen molar-refractivity contribution in [3.8, 4) is 0 Å². The molecule has 0 aliphatic carbocycles. The molecular formula is C12H27NO. The molecule has 0 fully saturated rings. The second-order valence-corrected chi connectivity index (χ2v) is 5.25. The largest absolute Gasteiger partial charge is 0.375 e. The van der Waals surface area contributed by atoms with Crippen LogP contribution in [0.3, 0.4) is 0 Å². The van der Waals surface area contributed by atoms with Crippen molar-refractivity contribution in [1.82, 2.24) is 5.32 Å². The fourth-order valence-corrected chi connectivity index (χ4v) is 1.19. The summed E-state index contributed by atoms with van der Waals surface area (Å²) in [5.41, 5.74) is -0.000384. The van der Waals surface area contributed by atoms with Gasteiger partial charge in [-0.15, -0.1) is 0 Å². The van der Waals surface area contributed by atoms with Gasteiger partial charge in [-0.1, -0.05) is 13.8 Å². The molecule has 0 aromatic carbocycles. The van der Waals surface area contributed by atoms with Crippen LogP contribution >= 0.6 is 0 Å². The van der Waals surface area contributed by atoms with Gasteiger partial charge in [-0.3, -0.25) is 0 Å². The average Bonchev–Trinajstić information content (AvgIpc) is 2.00. The van der Waals surface area contributed by atoms with Gasteiger partial charge in [0.05, 0.1) is 12.2 Å². The summed E-state index contributed by atoms with van der Waals surface area (Å²) in [7, 11) is 0. The van der Waals surface area contributed by atoms with Crippen LogP contribution in [0.4, 0.5) is 0 Å². The van der Waals surface area contributed by atoms with Crippen LogP contribution in [0.2, 0.25) is 0 Å². The van der Waals surface area contributed by atoms with Crippen molar-refractivity contribution in [1.29, 1.82) is 0 Å². The second kappa shape index (κ2) is 7.24. The first-order chi connectivity index (χ1) is 6.42. The van der Waals surface area contributed by atoms with Gasteiger partial charge in [-0.2, -0.15) is 0 Å². The highest BCUT2D eigenvalue weighted by Gasteiger charge is 2.08. The summed E-state index contributed by atoms with van der Waals surface area (Å²) in [5, 5.41) is 3.39. The van der Waals surface area contributed by atoms with E-state index in [2.05, 4.69) is 39.9 Å². The molecule has 0 bridgehead atoms. The third-order valence-electron chi connectivity index (χ3n) is 1.95. The lowest BCUT2D eigenvalue weighted by Crippen LogP contribution is -2.27. The van der Waals surface area contributed by atoms with Crippen molar-refractivity contribution >= 4 is 0 Å². The number of hydrogen-bond donors (Lipinski definition) is 1. The lowest BCUT2D eigenvalue weighted by molar-refractivity contribution is -0.000765. The minimum absolute atomic E-state index is 0.000384. The summed E-state index contributed by atoms with van der Waals surface area (Å²) in [6.07, 6.45) is 2.58. The van der Waals surface area contributed by atoms with Gasteiger partial charge in [0.15, 0.2) is 0 Å². The molecule has 0 radical (unpaired) electrons. The van der Waals surface area contributed by atoms with Crippen LogP contribution in [0.15, 0.2) is 0 Å². The highest BCUT2D eigenvalue weighted by atomic mass is 16.5. The zero-order valence-electron chi connectivity index (χ0n) is 10.5. The fraction of sp³-hybridized carbons (Fsp3) is 1.00. The van der Waals surface area contributed by atoms with Gasteiger partial charge in [-0.05, 0) is 46.1 Å². The summed E-state index contributed by atoms with van der Waals surface area (Å²) in [4.78, 5) is 0. The van der Waals surface area contributed by atoms with Crippen LogP contribution < -0.4 is 5.32 Å². The molecule has 0 saturated carbocycles. The summed E-state index contributed by atoms with van der Waals surface area (Å²) in [6.45, 7) is 13.7. The topological polar surface area (TPSA) is 21.3 Å². The molecule has 0 amide bonds. The fourth-order valence-electron chi connectivity index (χ4n) is 1.19. The molecule has 14 heavy (non-hydrogen) atoms. The summed E-state index contributed by atoms with van der Waals surface area (Å²) in [6, 6.07) is 0. The molecule has 0 unspecified atom stereocenters. The quantitative estimate of drug-likeness (QED) is 0.640. The van der Waals surface area contributed by atoms with E-state index in [1.54, 1.807) is 0 Å². The molecule has 0 atom stereocenters. The molecule has 0 aromatic rings. The normalized spacial score (nSPS) is 12.4. The Kier molecular flexibility index (Phi) is 7.20. The van der Waals surface area contributed by atoms with E-state index in [1.165, 1.54) is 12.8 Å². The van der Waals surface area contributed by atoms with Crippen LogP contribution in [-0.2, 0) is 4.74 Å². The average molecular weight is 201 g/mol. The first-order valence-corrected chi connectivity index (χ1v) is 5.76. The number of ether oxygens (including phenoxy) is 1. The van der Waals surface area contributed by atoms with E-state index >= 15 is 0 Å². The van der Waals surface area contributed by atoms with E-state index in [0.29, 0.717) is 0 Å². The van der Waals surface area contributed by atoms with E-state index in [1.807, 2.05) is 0 Å². The Labute approximate surface area is 89.4 Å². The molecule has 2 nitrogen and oxygen atoms in total. The molecule has 0 spiro atoms. The molecule has 0 aromatic heterocycles. The second-order valence-electron chi connectivity index (χ2n) is 5.25. The van der Waals surface area contributed by atoms with Crippen LogP contribution in [-0.4, -0.2) is 25.3 Å². The summed E-state index contributed by atoms with van der Waals surface area (Å²) >= 11 is 0. The van der Waals surface area contributed by atoms with E-state index in [0.717, 1.165) is 25.6 Å². The van der Waals surface area contributed by atoms with Crippen LogP contribution in [0.1, 0.15) is 47.5 Å². The molecule has 2 heteroatoms. The Morgan fingerprint density at radius 3 is 2.29 bits per heavy atom. The van der Waals surface area contributed by atoms with Gasteiger partial charge >= 0.3 is 0 Å². The van der Waals surface area contributed by atoms with Crippen molar-refractivity contribution in [2.24, 2.45) is 5.92 Å². The van der Waals surface area contributed by atoms with Crippen molar-refractivity contribution in [2.45, 2.75) is 53.1 Å². The van der Waals surface area contributed by atoms with E-state index in [-0.39, 0.29) is 5.60 Å². The zero-order chi connectivity index (χ0) is 11.0. The van der Waals surface area contributed by atoms with Gasteiger partial charge in [-0.25, -0.2) is 0 Å². The maximum Gasteiger partial charge on any atom is 0.0599 e. The predicted octanol–water partition coefficient (Wildman–Crippen LogP) is 2.83. The maximum absolute atomic E-state index is 5.59. The maximum atomic E-state index is 5.59. The first kappa shape index (κ1) is 13.9. The smallest absolute Gasteiger partial charge is 0.0599 e. The lowest BCUT2D eigenvalue weighted by atomic mass is 10.1. The van der Waals surface area contributed by atoms with Gasteiger partial charge < -0.3 is 10.1 Å². The van der Waals surface area contributed by atoms with E-state index in [9.17, 15) is 0 Å². The monoisotopic (exact) mass is 201 g/mol. The number of hydrogen-bond acceptors (Lipinski definition) is 2. The van der Waals surface area contributed by atoms with Crippen LogP contribution in [0.5, 0.6) is 0 Å². The SMILES string of the molecule is CC(C)CCCNCCOC(C)(C)C. The van der Waals surface area contributed by atoms with Gasteiger partial charge in [0.1, 0.15) is 0 Å². The molecule has 0 rings (SSSR count). The minimum Gasteiger partial charge on any atom is -0.375 e. The van der Waals surface area contributed by atoms with Crippen LogP contribution in [0, 0.1) is 5.92 Å². The van der Waals surface area contributed by atoms with E-state index < -0.39 is 0 Å². The van der Waals surface area contributed by atoms with Crippen molar-refractivity contribution in [3.05, 3.63) is 0 Å². The predicted molar refractivity (Wildman–Crippen MR) is 62.6 cm³/mol. The minimum atomic E-state index is -0.000384. The van der Waals surface area contributed by atoms with E-state index in [4.69, 9.17) is 4.74 Å². The van der Waals surface area contributed by atoms with Crippen molar-refractivity contribution in [3.63, 3.8) is 0 Å². The molecule has 86 valence electrons. The Morgan fingerprint density at radius 1 is 1.14 bits per heavy atom. The number of rotatable bonds is 7. The molecule has 0 aliphatic rings. The molecular weight excluding hydrogens is 174 g/mol. The Bertz CT molecular complexity index is 127. The van der Waals surface area contributed by atoms with Crippen LogP contribution in [0.25, 0.3) is 0 Å². The molecule has 1 N–H and O–H groups in total. The van der Waals surface area contributed by atoms with Gasteiger partial charge in [0.2, 0.25) is 0 Å². The zero-order valence-corrected chi connectivity index (χ0v) is 10.5. The standard InChI is InChI=1S/C12H27NO/c1-11(2)7-6-8-13-9-10-14-12(3,4)5/h11,13H,6-10H2,1-5H3. The Balaban J connectivity index is 3.07. The van der Waals surface area contributed by atoms with Gasteiger partial charge in [0, 0.05) is 6.54 Å². The molecule has 0 aliphatic heterocycles. The summed E-state index contributed by atoms with van der Waals surface area (Å²) in [5.74, 6) is 0.822. The molecule has 0 saturated heterocycles. The Morgan fingerprint density at radius 2 is 1.79 bits per heavy atom. The number of nitrogens with one attached hydrogen (secondary N) is 1. The molecule has 0 heterocycles. The Hall–Kier alpha value is -0.0800. The van der Waals surface area contributed by atoms with Crippen molar-refractivity contribution < 1.29 is 4.74 Å². The van der Waals surface area contributed by atoms with Crippen molar-refractivity contribution in [2.75, 3.05) is 19.7 Å².